The summed E-state index contributed by atoms with van der Waals surface area (Å²) in [5.41, 5.74) is 4.17. The molecule has 0 saturated carbocycles. The van der Waals surface area contributed by atoms with Crippen molar-refractivity contribution < 1.29 is 9.59 Å². The van der Waals surface area contributed by atoms with Crippen molar-refractivity contribution in [3.63, 3.8) is 0 Å². The van der Waals surface area contributed by atoms with Gasteiger partial charge in [0.15, 0.2) is 0 Å². The quantitative estimate of drug-likeness (QED) is 0.350. The van der Waals surface area contributed by atoms with Crippen molar-refractivity contribution in [1.82, 2.24) is 14.9 Å². The van der Waals surface area contributed by atoms with Crippen molar-refractivity contribution in [3.8, 4) is 0 Å². The predicted molar refractivity (Wildman–Crippen MR) is 141 cm³/mol. The number of aryl methyl sites for hydroxylation is 2. The van der Waals surface area contributed by atoms with Gasteiger partial charge < -0.3 is 15.2 Å². The molecule has 2 N–H and O–H groups in total. The molecular weight excluding hydrogens is 436 g/mol. The monoisotopic (exact) mass is 468 g/mol. The summed E-state index contributed by atoms with van der Waals surface area (Å²) in [6.07, 6.45) is 4.64. The number of H-pyrrole nitrogens is 1. The fourth-order valence-electron chi connectivity index (χ4n) is 4.50. The molecule has 6 heteroatoms. The maximum absolute atomic E-state index is 13.8. The van der Waals surface area contributed by atoms with Crippen LogP contribution in [0.15, 0.2) is 73.1 Å². The number of fused-ring (bicyclic) bond motifs is 1. The number of nitrogens with one attached hydrogen (secondary N) is 2. The first-order chi connectivity index (χ1) is 16.8. The first-order valence-corrected chi connectivity index (χ1v) is 12.0. The number of pyridine rings is 1. The molecular formula is C29H32N4O2. The Bertz CT molecular complexity index is 1330. The van der Waals surface area contributed by atoms with Gasteiger partial charge in [-0.25, -0.2) is 0 Å². The number of amides is 2. The van der Waals surface area contributed by atoms with Gasteiger partial charge in [0.05, 0.1) is 0 Å². The Morgan fingerprint density at radius 2 is 1.71 bits per heavy atom. The van der Waals surface area contributed by atoms with Gasteiger partial charge in [0, 0.05) is 35.5 Å². The summed E-state index contributed by atoms with van der Waals surface area (Å²) in [5.74, 6) is -0.466. The van der Waals surface area contributed by atoms with E-state index < -0.39 is 5.54 Å². The van der Waals surface area contributed by atoms with Crippen LogP contribution in [0.5, 0.6) is 0 Å². The molecule has 0 aliphatic carbocycles. The lowest BCUT2D eigenvalue weighted by Crippen LogP contribution is -2.57. The van der Waals surface area contributed by atoms with Crippen molar-refractivity contribution >= 4 is 28.4 Å². The SMILES string of the molecule is CCC(C)(C(=O)Nc1c(C)cccc1C)N(CCc1c[nH]c2ccccc12)C(=O)c1ccccn1. The number of aromatic nitrogens is 2. The average Bonchev–Trinajstić information content (AvgIpc) is 3.29. The lowest BCUT2D eigenvalue weighted by Gasteiger charge is -2.39. The highest BCUT2D eigenvalue weighted by Crippen LogP contribution is 2.28. The minimum absolute atomic E-state index is 0.208. The summed E-state index contributed by atoms with van der Waals surface area (Å²) in [7, 11) is 0. The normalized spacial score (nSPS) is 12.8. The summed E-state index contributed by atoms with van der Waals surface area (Å²) >= 11 is 0. The molecule has 0 bridgehead atoms. The minimum atomic E-state index is -1.07. The van der Waals surface area contributed by atoms with Crippen LogP contribution in [0.2, 0.25) is 0 Å². The van der Waals surface area contributed by atoms with Gasteiger partial charge in [-0.2, -0.15) is 0 Å². The highest BCUT2D eigenvalue weighted by atomic mass is 16.2. The fraction of sp³-hybridized carbons (Fsp3) is 0.276. The minimum Gasteiger partial charge on any atom is -0.361 e. The number of nitrogens with zero attached hydrogens (tertiary/aromatic N) is 2. The van der Waals surface area contributed by atoms with Crippen LogP contribution in [0, 0.1) is 13.8 Å². The largest absolute Gasteiger partial charge is 0.361 e. The maximum Gasteiger partial charge on any atom is 0.273 e. The summed E-state index contributed by atoms with van der Waals surface area (Å²) in [4.78, 5) is 36.8. The maximum atomic E-state index is 13.8. The average molecular weight is 469 g/mol. The Morgan fingerprint density at radius 1 is 1.00 bits per heavy atom. The van der Waals surface area contributed by atoms with Gasteiger partial charge in [0.1, 0.15) is 11.2 Å². The van der Waals surface area contributed by atoms with E-state index in [2.05, 4.69) is 21.4 Å². The molecule has 1 atom stereocenters. The Balaban J connectivity index is 1.68. The number of benzene rings is 2. The topological polar surface area (TPSA) is 78.1 Å². The van der Waals surface area contributed by atoms with E-state index in [1.165, 1.54) is 0 Å². The highest BCUT2D eigenvalue weighted by molar-refractivity contribution is 6.03. The van der Waals surface area contributed by atoms with E-state index in [9.17, 15) is 9.59 Å². The molecule has 2 amide bonds. The molecule has 4 rings (SSSR count). The predicted octanol–water partition coefficient (Wildman–Crippen LogP) is 5.67. The molecule has 2 aromatic carbocycles. The van der Waals surface area contributed by atoms with Crippen molar-refractivity contribution in [2.24, 2.45) is 0 Å². The van der Waals surface area contributed by atoms with E-state index in [0.29, 0.717) is 25.1 Å². The number of para-hydroxylation sites is 2. The van der Waals surface area contributed by atoms with Crippen LogP contribution in [0.1, 0.15) is 47.4 Å². The zero-order valence-electron chi connectivity index (χ0n) is 20.8. The van der Waals surface area contributed by atoms with E-state index in [-0.39, 0.29) is 11.8 Å². The Morgan fingerprint density at radius 3 is 2.40 bits per heavy atom. The number of rotatable bonds is 8. The first-order valence-electron chi connectivity index (χ1n) is 12.0. The smallest absolute Gasteiger partial charge is 0.273 e. The van der Waals surface area contributed by atoms with Gasteiger partial charge in [-0.3, -0.25) is 14.6 Å². The van der Waals surface area contributed by atoms with E-state index in [4.69, 9.17) is 0 Å². The molecule has 2 aromatic heterocycles. The zero-order chi connectivity index (χ0) is 25.0. The van der Waals surface area contributed by atoms with Crippen LogP contribution in [-0.2, 0) is 11.2 Å². The molecule has 0 fully saturated rings. The van der Waals surface area contributed by atoms with Crippen molar-refractivity contribution in [1.29, 1.82) is 0 Å². The molecule has 6 nitrogen and oxygen atoms in total. The Kier molecular flexibility index (Phi) is 7.01. The molecule has 2 heterocycles. The summed E-state index contributed by atoms with van der Waals surface area (Å²) in [6, 6.07) is 19.3. The van der Waals surface area contributed by atoms with E-state index in [1.807, 2.05) is 70.3 Å². The van der Waals surface area contributed by atoms with Crippen LogP contribution in [-0.4, -0.2) is 38.8 Å². The molecule has 4 aromatic rings. The summed E-state index contributed by atoms with van der Waals surface area (Å²) in [6.45, 7) is 8.10. The van der Waals surface area contributed by atoms with Crippen LogP contribution in [0.4, 0.5) is 5.69 Å². The second kappa shape index (κ2) is 10.1. The number of aromatic amines is 1. The van der Waals surface area contributed by atoms with E-state index in [0.717, 1.165) is 33.3 Å². The number of hydrogen-bond donors (Lipinski definition) is 2. The van der Waals surface area contributed by atoms with Gasteiger partial charge in [-0.1, -0.05) is 49.4 Å². The summed E-state index contributed by atoms with van der Waals surface area (Å²) in [5, 5.41) is 4.24. The third-order valence-corrected chi connectivity index (χ3v) is 6.90. The van der Waals surface area contributed by atoms with Gasteiger partial charge in [-0.05, 0) is 68.5 Å². The van der Waals surface area contributed by atoms with Gasteiger partial charge in [0.2, 0.25) is 5.91 Å². The van der Waals surface area contributed by atoms with Crippen LogP contribution >= 0.6 is 0 Å². The lowest BCUT2D eigenvalue weighted by molar-refractivity contribution is -0.126. The highest BCUT2D eigenvalue weighted by Gasteiger charge is 2.41. The molecule has 35 heavy (non-hydrogen) atoms. The van der Waals surface area contributed by atoms with Crippen LogP contribution in [0.3, 0.4) is 0 Å². The number of anilines is 1. The first kappa shape index (κ1) is 24.2. The standard InChI is InChI=1S/C29H32N4O2/c1-5-29(4,28(35)32-26-20(2)11-10-12-21(26)3)33(27(34)25-15-8-9-17-30-25)18-16-22-19-31-24-14-7-6-13-23(22)24/h6-15,17,19,31H,5,16,18H2,1-4H3,(H,32,35). The van der Waals surface area contributed by atoms with E-state index >= 15 is 0 Å². The summed E-state index contributed by atoms with van der Waals surface area (Å²) < 4.78 is 0. The molecule has 0 saturated heterocycles. The van der Waals surface area contributed by atoms with Crippen molar-refractivity contribution in [3.05, 3.63) is 95.4 Å². The second-order valence-electron chi connectivity index (χ2n) is 9.13. The van der Waals surface area contributed by atoms with Crippen LogP contribution < -0.4 is 5.32 Å². The van der Waals surface area contributed by atoms with Crippen molar-refractivity contribution in [2.45, 2.75) is 46.1 Å². The Hall–Kier alpha value is -3.93. The van der Waals surface area contributed by atoms with Gasteiger partial charge in [0.25, 0.3) is 5.91 Å². The lowest BCUT2D eigenvalue weighted by atomic mass is 9.92. The van der Waals surface area contributed by atoms with Gasteiger partial charge >= 0.3 is 0 Å². The van der Waals surface area contributed by atoms with Gasteiger partial charge in [-0.15, -0.1) is 0 Å². The zero-order valence-corrected chi connectivity index (χ0v) is 20.8. The fourth-order valence-corrected chi connectivity index (χ4v) is 4.50. The third kappa shape index (κ3) is 4.83. The van der Waals surface area contributed by atoms with Crippen molar-refractivity contribution in [2.75, 3.05) is 11.9 Å². The molecule has 0 aliphatic rings. The number of carbonyl (C=O) groups is 2. The van der Waals surface area contributed by atoms with E-state index in [1.54, 1.807) is 29.3 Å². The van der Waals surface area contributed by atoms with Crippen LogP contribution in [0.25, 0.3) is 10.9 Å². The molecule has 180 valence electrons. The molecule has 1 unspecified atom stereocenters. The molecule has 0 aliphatic heterocycles. The Labute approximate surface area is 206 Å². The third-order valence-electron chi connectivity index (χ3n) is 6.90. The molecule has 0 radical (unpaired) electrons. The molecule has 0 spiro atoms. The second-order valence-corrected chi connectivity index (χ2v) is 9.13. The number of carbonyl (C=O) groups excluding carboxylic acids is 2. The number of hydrogen-bond acceptors (Lipinski definition) is 3.